The molecule has 5 nitrogen and oxygen atoms in total. The number of carboxylic acid groups (broad SMARTS) is 1. The molecule has 0 radical (unpaired) electrons. The van der Waals surface area contributed by atoms with Crippen LogP contribution in [0.1, 0.15) is 5.56 Å². The van der Waals surface area contributed by atoms with Gasteiger partial charge in [-0.15, -0.1) is 0 Å². The minimum absolute atomic E-state index is 0.184. The number of aliphatic carboxylic acids is 1. The van der Waals surface area contributed by atoms with E-state index < -0.39 is 37.2 Å². The Hall–Kier alpha value is -2.61. The standard InChI is InChI=1S/C18H18F3NO4/c19-18(20,21)11-26-10-16(23)22-9-15(17(24)25)8-12-5-6-13-3-1-2-4-14(13)7-12/h1-7,15H,8-11H2,(H,22,23)(H,24,25). The Bertz CT molecular complexity index is 776. The summed E-state index contributed by atoms with van der Waals surface area (Å²) in [6.07, 6.45) is -4.33. The number of carbonyl (C=O) groups is 2. The van der Waals surface area contributed by atoms with Crippen molar-refractivity contribution in [3.8, 4) is 0 Å². The average Bonchev–Trinajstić information content (AvgIpc) is 2.57. The van der Waals surface area contributed by atoms with Crippen LogP contribution in [0.2, 0.25) is 0 Å². The molecule has 2 aromatic carbocycles. The zero-order valence-electron chi connectivity index (χ0n) is 13.8. The molecule has 1 atom stereocenters. The predicted molar refractivity (Wildman–Crippen MR) is 88.7 cm³/mol. The summed E-state index contributed by atoms with van der Waals surface area (Å²) in [7, 11) is 0. The van der Waals surface area contributed by atoms with E-state index in [9.17, 15) is 27.9 Å². The number of carboxylic acids is 1. The number of fused-ring (bicyclic) bond motifs is 1. The van der Waals surface area contributed by atoms with E-state index in [1.54, 1.807) is 0 Å². The van der Waals surface area contributed by atoms with Crippen molar-refractivity contribution in [2.24, 2.45) is 5.92 Å². The zero-order chi connectivity index (χ0) is 19.2. The first-order chi connectivity index (χ1) is 12.2. The molecule has 1 unspecified atom stereocenters. The number of halogens is 3. The van der Waals surface area contributed by atoms with Crippen molar-refractivity contribution in [1.82, 2.24) is 5.32 Å². The highest BCUT2D eigenvalue weighted by Crippen LogP contribution is 2.18. The quantitative estimate of drug-likeness (QED) is 0.750. The van der Waals surface area contributed by atoms with Crippen LogP contribution < -0.4 is 5.32 Å². The molecule has 0 saturated heterocycles. The van der Waals surface area contributed by atoms with Gasteiger partial charge >= 0.3 is 12.1 Å². The van der Waals surface area contributed by atoms with Crippen LogP contribution in [0.25, 0.3) is 10.8 Å². The molecule has 2 N–H and O–H groups in total. The van der Waals surface area contributed by atoms with Crippen molar-refractivity contribution in [1.29, 1.82) is 0 Å². The molecule has 0 aliphatic carbocycles. The highest BCUT2D eigenvalue weighted by molar-refractivity contribution is 5.83. The Morgan fingerprint density at radius 3 is 2.46 bits per heavy atom. The van der Waals surface area contributed by atoms with Crippen molar-refractivity contribution in [3.63, 3.8) is 0 Å². The number of hydrogen-bond donors (Lipinski definition) is 2. The molecular formula is C18H18F3NO4. The number of carbonyl (C=O) groups excluding carboxylic acids is 1. The Morgan fingerprint density at radius 1 is 1.12 bits per heavy atom. The molecule has 0 aliphatic rings. The molecule has 1 amide bonds. The summed E-state index contributed by atoms with van der Waals surface area (Å²) in [5, 5.41) is 13.6. The second-order valence-electron chi connectivity index (χ2n) is 5.83. The van der Waals surface area contributed by atoms with Gasteiger partial charge in [0.2, 0.25) is 5.91 Å². The van der Waals surface area contributed by atoms with Crippen LogP contribution in [0.4, 0.5) is 13.2 Å². The van der Waals surface area contributed by atoms with Crippen LogP contribution in [-0.2, 0) is 20.7 Å². The second-order valence-corrected chi connectivity index (χ2v) is 5.83. The third-order valence-electron chi connectivity index (χ3n) is 3.69. The van der Waals surface area contributed by atoms with Crippen LogP contribution >= 0.6 is 0 Å². The first-order valence-corrected chi connectivity index (χ1v) is 7.86. The minimum atomic E-state index is -4.51. The summed E-state index contributed by atoms with van der Waals surface area (Å²) in [4.78, 5) is 22.9. The van der Waals surface area contributed by atoms with Gasteiger partial charge in [0.15, 0.2) is 0 Å². The van der Waals surface area contributed by atoms with Crippen LogP contribution in [0, 0.1) is 5.92 Å². The lowest BCUT2D eigenvalue weighted by molar-refractivity contribution is -0.175. The van der Waals surface area contributed by atoms with Gasteiger partial charge in [0.25, 0.3) is 0 Å². The van der Waals surface area contributed by atoms with Gasteiger partial charge in [0, 0.05) is 6.54 Å². The van der Waals surface area contributed by atoms with Gasteiger partial charge in [-0.1, -0.05) is 42.5 Å². The monoisotopic (exact) mass is 369 g/mol. The van der Waals surface area contributed by atoms with Gasteiger partial charge in [-0.25, -0.2) is 0 Å². The van der Waals surface area contributed by atoms with E-state index in [-0.39, 0.29) is 13.0 Å². The fourth-order valence-electron chi connectivity index (χ4n) is 2.44. The van der Waals surface area contributed by atoms with E-state index in [0.717, 1.165) is 16.3 Å². The normalized spacial score (nSPS) is 12.7. The van der Waals surface area contributed by atoms with Crippen molar-refractivity contribution in [3.05, 3.63) is 48.0 Å². The molecule has 140 valence electrons. The molecule has 0 saturated carbocycles. The largest absolute Gasteiger partial charge is 0.481 e. The fourth-order valence-corrected chi connectivity index (χ4v) is 2.44. The maximum absolute atomic E-state index is 11.9. The zero-order valence-corrected chi connectivity index (χ0v) is 13.8. The molecule has 0 aromatic heterocycles. The molecule has 0 aliphatic heterocycles. The Kier molecular flexibility index (Phi) is 6.57. The summed E-state index contributed by atoms with van der Waals surface area (Å²) >= 11 is 0. The summed E-state index contributed by atoms with van der Waals surface area (Å²) in [5.41, 5.74) is 0.790. The van der Waals surface area contributed by atoms with Crippen molar-refractivity contribution in [2.75, 3.05) is 19.8 Å². The summed E-state index contributed by atoms with van der Waals surface area (Å²) in [5.74, 6) is -2.79. The number of nitrogens with one attached hydrogen (secondary N) is 1. The summed E-state index contributed by atoms with van der Waals surface area (Å²) < 4.78 is 40.1. The number of amides is 1. The Morgan fingerprint density at radius 2 is 1.81 bits per heavy atom. The highest BCUT2D eigenvalue weighted by atomic mass is 19.4. The van der Waals surface area contributed by atoms with Gasteiger partial charge in [-0.2, -0.15) is 13.2 Å². The minimum Gasteiger partial charge on any atom is -0.481 e. The van der Waals surface area contributed by atoms with Crippen LogP contribution in [-0.4, -0.2) is 42.9 Å². The SMILES string of the molecule is O=C(COCC(F)(F)F)NCC(Cc1ccc2ccccc2c1)C(=O)O. The smallest absolute Gasteiger partial charge is 0.411 e. The molecule has 8 heteroatoms. The third-order valence-corrected chi connectivity index (χ3v) is 3.69. The molecule has 0 heterocycles. The summed E-state index contributed by atoms with van der Waals surface area (Å²) in [6, 6.07) is 13.2. The average molecular weight is 369 g/mol. The number of hydrogen-bond acceptors (Lipinski definition) is 3. The topological polar surface area (TPSA) is 75.6 Å². The Labute approximate surface area is 147 Å². The van der Waals surface area contributed by atoms with Crippen LogP contribution in [0.15, 0.2) is 42.5 Å². The van der Waals surface area contributed by atoms with Crippen molar-refractivity contribution >= 4 is 22.6 Å². The molecule has 2 rings (SSSR count). The van der Waals surface area contributed by atoms with Gasteiger partial charge < -0.3 is 15.2 Å². The first kappa shape index (κ1) is 19.7. The van der Waals surface area contributed by atoms with E-state index in [0.29, 0.717) is 0 Å². The van der Waals surface area contributed by atoms with Crippen molar-refractivity contribution < 1.29 is 32.6 Å². The van der Waals surface area contributed by atoms with E-state index in [4.69, 9.17) is 0 Å². The van der Waals surface area contributed by atoms with E-state index in [1.807, 2.05) is 42.5 Å². The number of benzene rings is 2. The van der Waals surface area contributed by atoms with Crippen LogP contribution in [0.3, 0.4) is 0 Å². The maximum Gasteiger partial charge on any atom is 0.411 e. The maximum atomic E-state index is 11.9. The van der Waals surface area contributed by atoms with Crippen LogP contribution in [0.5, 0.6) is 0 Å². The predicted octanol–water partition coefficient (Wildman–Crippen LogP) is 2.78. The lowest BCUT2D eigenvalue weighted by atomic mass is 9.97. The lowest BCUT2D eigenvalue weighted by Crippen LogP contribution is -2.36. The molecular weight excluding hydrogens is 351 g/mol. The molecule has 0 spiro atoms. The van der Waals surface area contributed by atoms with Gasteiger partial charge in [-0.05, 0) is 22.8 Å². The number of alkyl halides is 3. The molecule has 2 aromatic rings. The number of ether oxygens (including phenoxy) is 1. The van der Waals surface area contributed by atoms with Gasteiger partial charge in [0.05, 0.1) is 5.92 Å². The number of rotatable bonds is 8. The molecule has 26 heavy (non-hydrogen) atoms. The van der Waals surface area contributed by atoms with Gasteiger partial charge in [-0.3, -0.25) is 9.59 Å². The lowest BCUT2D eigenvalue weighted by Gasteiger charge is -2.14. The molecule has 0 fully saturated rings. The van der Waals surface area contributed by atoms with E-state index in [1.165, 1.54) is 0 Å². The fraction of sp³-hybridized carbons (Fsp3) is 0.333. The highest BCUT2D eigenvalue weighted by Gasteiger charge is 2.28. The first-order valence-electron chi connectivity index (χ1n) is 7.86. The summed E-state index contributed by atoms with van der Waals surface area (Å²) in [6.45, 7) is -2.50. The van der Waals surface area contributed by atoms with Crippen molar-refractivity contribution in [2.45, 2.75) is 12.6 Å². The Balaban J connectivity index is 1.89. The van der Waals surface area contributed by atoms with Gasteiger partial charge in [0.1, 0.15) is 13.2 Å². The van der Waals surface area contributed by atoms with E-state index in [2.05, 4.69) is 10.1 Å². The molecule has 0 bridgehead atoms. The van der Waals surface area contributed by atoms with E-state index >= 15 is 0 Å². The third kappa shape index (κ3) is 6.36. The second kappa shape index (κ2) is 8.66.